The van der Waals surface area contributed by atoms with E-state index >= 15 is 0 Å². The molecule has 0 aliphatic carbocycles. The van der Waals surface area contributed by atoms with Gasteiger partial charge < -0.3 is 10.5 Å². The molecule has 0 saturated carbocycles. The van der Waals surface area contributed by atoms with Gasteiger partial charge in [0.2, 0.25) is 0 Å². The Morgan fingerprint density at radius 3 is 3.00 bits per heavy atom. The van der Waals surface area contributed by atoms with Gasteiger partial charge in [0, 0.05) is 39.4 Å². The zero-order valence-electron chi connectivity index (χ0n) is 8.23. The highest BCUT2D eigenvalue weighted by molar-refractivity contribution is 5.00. The van der Waals surface area contributed by atoms with Gasteiger partial charge in [-0.15, -0.1) is 0 Å². The fourth-order valence-electron chi connectivity index (χ4n) is 1.21. The first-order valence-corrected chi connectivity index (χ1v) is 4.45. The first-order valence-electron chi connectivity index (χ1n) is 4.45. The molecule has 1 rings (SSSR count). The summed E-state index contributed by atoms with van der Waals surface area (Å²) >= 11 is 0. The molecule has 74 valence electrons. The summed E-state index contributed by atoms with van der Waals surface area (Å²) in [5, 5.41) is 4.25. The Kier molecular flexibility index (Phi) is 3.92. The molecule has 1 atom stereocenters. The molecular formula is C9H17N3O. The summed E-state index contributed by atoms with van der Waals surface area (Å²) in [6.07, 6.45) is 3.63. The predicted molar refractivity (Wildman–Crippen MR) is 51.4 cm³/mol. The number of hydrogen-bond donors (Lipinski definition) is 1. The molecule has 0 amide bonds. The SMILES string of the molecule is COCCC(N)Cc1ccn(C)n1. The summed E-state index contributed by atoms with van der Waals surface area (Å²) in [4.78, 5) is 0. The van der Waals surface area contributed by atoms with Crippen LogP contribution in [0.5, 0.6) is 0 Å². The molecule has 0 spiro atoms. The first-order chi connectivity index (χ1) is 6.22. The van der Waals surface area contributed by atoms with Gasteiger partial charge in [-0.2, -0.15) is 5.10 Å². The van der Waals surface area contributed by atoms with Crippen LogP contribution in [-0.2, 0) is 18.2 Å². The first kappa shape index (κ1) is 10.2. The van der Waals surface area contributed by atoms with E-state index in [1.54, 1.807) is 11.8 Å². The largest absolute Gasteiger partial charge is 0.385 e. The van der Waals surface area contributed by atoms with Crippen LogP contribution in [0.1, 0.15) is 12.1 Å². The van der Waals surface area contributed by atoms with Crippen molar-refractivity contribution in [1.29, 1.82) is 0 Å². The minimum Gasteiger partial charge on any atom is -0.385 e. The van der Waals surface area contributed by atoms with E-state index in [4.69, 9.17) is 10.5 Å². The molecule has 0 saturated heterocycles. The number of nitrogens with zero attached hydrogens (tertiary/aromatic N) is 2. The van der Waals surface area contributed by atoms with Crippen molar-refractivity contribution < 1.29 is 4.74 Å². The van der Waals surface area contributed by atoms with Crippen LogP contribution in [0.15, 0.2) is 12.3 Å². The highest BCUT2D eigenvalue weighted by Gasteiger charge is 2.05. The minimum absolute atomic E-state index is 0.148. The molecule has 13 heavy (non-hydrogen) atoms. The third-order valence-electron chi connectivity index (χ3n) is 1.93. The van der Waals surface area contributed by atoms with Crippen LogP contribution in [-0.4, -0.2) is 29.5 Å². The van der Waals surface area contributed by atoms with Crippen LogP contribution in [0.3, 0.4) is 0 Å². The van der Waals surface area contributed by atoms with Crippen molar-refractivity contribution in [2.24, 2.45) is 12.8 Å². The van der Waals surface area contributed by atoms with E-state index < -0.39 is 0 Å². The van der Waals surface area contributed by atoms with Gasteiger partial charge in [-0.25, -0.2) is 0 Å². The van der Waals surface area contributed by atoms with Crippen LogP contribution in [0.4, 0.5) is 0 Å². The van der Waals surface area contributed by atoms with Gasteiger partial charge in [0.25, 0.3) is 0 Å². The minimum atomic E-state index is 0.148. The maximum Gasteiger partial charge on any atom is 0.0639 e. The van der Waals surface area contributed by atoms with Crippen molar-refractivity contribution in [1.82, 2.24) is 9.78 Å². The van der Waals surface area contributed by atoms with E-state index in [0.29, 0.717) is 6.61 Å². The Bertz CT molecular complexity index is 247. The number of hydrogen-bond acceptors (Lipinski definition) is 3. The van der Waals surface area contributed by atoms with Crippen molar-refractivity contribution in [3.05, 3.63) is 18.0 Å². The third-order valence-corrected chi connectivity index (χ3v) is 1.93. The molecule has 4 heteroatoms. The standard InChI is InChI=1S/C9H17N3O/c1-12-5-3-9(11-12)7-8(10)4-6-13-2/h3,5,8H,4,6-7,10H2,1-2H3. The highest BCUT2D eigenvalue weighted by Crippen LogP contribution is 2.00. The summed E-state index contributed by atoms with van der Waals surface area (Å²) in [5.74, 6) is 0. The van der Waals surface area contributed by atoms with Crippen LogP contribution in [0, 0.1) is 0 Å². The second-order valence-electron chi connectivity index (χ2n) is 3.23. The van der Waals surface area contributed by atoms with E-state index in [1.165, 1.54) is 0 Å². The maximum absolute atomic E-state index is 5.87. The summed E-state index contributed by atoms with van der Waals surface area (Å²) < 4.78 is 6.74. The molecule has 0 aliphatic heterocycles. The van der Waals surface area contributed by atoms with E-state index in [2.05, 4.69) is 5.10 Å². The maximum atomic E-state index is 5.87. The van der Waals surface area contributed by atoms with Crippen LogP contribution in [0.2, 0.25) is 0 Å². The van der Waals surface area contributed by atoms with Gasteiger partial charge in [-0.05, 0) is 12.5 Å². The van der Waals surface area contributed by atoms with Crippen molar-refractivity contribution in [3.63, 3.8) is 0 Å². The number of aryl methyl sites for hydroxylation is 1. The zero-order valence-corrected chi connectivity index (χ0v) is 8.23. The summed E-state index contributed by atoms with van der Waals surface area (Å²) in [5.41, 5.74) is 6.92. The molecule has 0 aliphatic rings. The number of ether oxygens (including phenoxy) is 1. The average molecular weight is 183 g/mol. The van der Waals surface area contributed by atoms with Crippen LogP contribution in [0.25, 0.3) is 0 Å². The second kappa shape index (κ2) is 4.99. The second-order valence-corrected chi connectivity index (χ2v) is 3.23. The Balaban J connectivity index is 2.31. The predicted octanol–water partition coefficient (Wildman–Crippen LogP) is 0.326. The van der Waals surface area contributed by atoms with Crippen LogP contribution >= 0.6 is 0 Å². The molecule has 0 radical (unpaired) electrons. The van der Waals surface area contributed by atoms with E-state index in [1.807, 2.05) is 19.3 Å². The molecule has 1 unspecified atom stereocenters. The van der Waals surface area contributed by atoms with E-state index in [-0.39, 0.29) is 6.04 Å². The number of methoxy groups -OCH3 is 1. The zero-order chi connectivity index (χ0) is 9.68. The van der Waals surface area contributed by atoms with Gasteiger partial charge in [0.05, 0.1) is 5.69 Å². The Morgan fingerprint density at radius 1 is 1.69 bits per heavy atom. The number of nitrogens with two attached hydrogens (primary N) is 1. The van der Waals surface area contributed by atoms with Crippen molar-refractivity contribution in [3.8, 4) is 0 Å². The van der Waals surface area contributed by atoms with Crippen LogP contribution < -0.4 is 5.73 Å². The van der Waals surface area contributed by atoms with E-state index in [9.17, 15) is 0 Å². The molecule has 1 heterocycles. The normalized spacial score (nSPS) is 13.2. The van der Waals surface area contributed by atoms with Gasteiger partial charge in [0.1, 0.15) is 0 Å². The van der Waals surface area contributed by atoms with E-state index in [0.717, 1.165) is 18.5 Å². The van der Waals surface area contributed by atoms with Gasteiger partial charge in [0.15, 0.2) is 0 Å². The Morgan fingerprint density at radius 2 is 2.46 bits per heavy atom. The monoisotopic (exact) mass is 183 g/mol. The lowest BCUT2D eigenvalue weighted by molar-refractivity contribution is 0.187. The van der Waals surface area contributed by atoms with Gasteiger partial charge in [-0.3, -0.25) is 4.68 Å². The quantitative estimate of drug-likeness (QED) is 0.715. The molecule has 0 aromatic carbocycles. The summed E-state index contributed by atoms with van der Waals surface area (Å²) in [6, 6.07) is 2.14. The molecule has 0 fully saturated rings. The third kappa shape index (κ3) is 3.57. The average Bonchev–Trinajstić information content (AvgIpc) is 2.48. The molecule has 0 bridgehead atoms. The Labute approximate surface area is 78.7 Å². The lowest BCUT2D eigenvalue weighted by Gasteiger charge is -2.08. The molecular weight excluding hydrogens is 166 g/mol. The summed E-state index contributed by atoms with van der Waals surface area (Å²) in [7, 11) is 3.59. The van der Waals surface area contributed by atoms with Gasteiger partial charge >= 0.3 is 0 Å². The molecule has 1 aromatic rings. The smallest absolute Gasteiger partial charge is 0.0639 e. The highest BCUT2D eigenvalue weighted by atomic mass is 16.5. The lowest BCUT2D eigenvalue weighted by atomic mass is 10.1. The fourth-order valence-corrected chi connectivity index (χ4v) is 1.21. The Hall–Kier alpha value is -0.870. The molecule has 4 nitrogen and oxygen atoms in total. The number of aromatic nitrogens is 2. The molecule has 2 N–H and O–H groups in total. The summed E-state index contributed by atoms with van der Waals surface area (Å²) in [6.45, 7) is 0.716. The lowest BCUT2D eigenvalue weighted by Crippen LogP contribution is -2.24. The van der Waals surface area contributed by atoms with Crippen molar-refractivity contribution >= 4 is 0 Å². The fraction of sp³-hybridized carbons (Fsp3) is 0.667. The van der Waals surface area contributed by atoms with Crippen molar-refractivity contribution in [2.45, 2.75) is 18.9 Å². The topological polar surface area (TPSA) is 53.1 Å². The molecule has 1 aromatic heterocycles. The van der Waals surface area contributed by atoms with Gasteiger partial charge in [-0.1, -0.05) is 0 Å². The number of rotatable bonds is 5. The van der Waals surface area contributed by atoms with Crippen molar-refractivity contribution in [2.75, 3.05) is 13.7 Å².